The monoisotopic (exact) mass is 481 g/mol. The van der Waals surface area contributed by atoms with Gasteiger partial charge in [0.25, 0.3) is 0 Å². The maximum Gasteiger partial charge on any atom is 0.119 e. The third-order valence-corrected chi connectivity index (χ3v) is 4.49. The van der Waals surface area contributed by atoms with Crippen molar-refractivity contribution in [2.45, 2.75) is 40.8 Å². The summed E-state index contributed by atoms with van der Waals surface area (Å²) >= 11 is 0. The largest absolute Gasteiger partial charge is 0.497 e. The first-order valence-corrected chi connectivity index (χ1v) is 12.6. The zero-order valence-electron chi connectivity index (χ0n) is 20.6. The van der Waals surface area contributed by atoms with E-state index in [-0.39, 0.29) is 27.1 Å². The fourth-order valence-corrected chi connectivity index (χ4v) is 2.65. The molecule has 3 aromatic carbocycles. The van der Waals surface area contributed by atoms with Crippen molar-refractivity contribution in [3.05, 3.63) is 96.3 Å². The number of allylic oxidation sites excluding steroid dienone is 2. The molecule has 0 atom stereocenters. The Kier molecular flexibility index (Phi) is 15.7. The van der Waals surface area contributed by atoms with Gasteiger partial charge in [-0.05, 0) is 42.2 Å². The van der Waals surface area contributed by atoms with Gasteiger partial charge in [-0.25, -0.2) is 0 Å². The standard InChI is InChI=1S/C17H24O2.C9H7.C2H6Si.Ti/c1-6-15(18-5)12-14(17(2,3)4)13-19-16-10-8-7-9-11-16;1-2-5-9-7-3-6-8(9)4-1;1-3-2;/h6-12H,13H2,1-5H3;1-7H;1-2H3;/q;-1;;. The van der Waals surface area contributed by atoms with E-state index in [2.05, 4.69) is 82.4 Å². The van der Waals surface area contributed by atoms with E-state index in [1.54, 1.807) is 7.11 Å². The first-order valence-electron chi connectivity index (χ1n) is 10.6. The molecular formula is C28H37O2SiTi-. The van der Waals surface area contributed by atoms with Gasteiger partial charge in [0.1, 0.15) is 18.1 Å². The van der Waals surface area contributed by atoms with Crippen molar-refractivity contribution in [1.29, 1.82) is 0 Å². The number of benzene rings is 2. The molecule has 170 valence electrons. The Bertz CT molecular complexity index is 891. The molecule has 3 aromatic rings. The van der Waals surface area contributed by atoms with Crippen LogP contribution in [0.15, 0.2) is 96.3 Å². The van der Waals surface area contributed by atoms with Crippen molar-refractivity contribution in [2.24, 2.45) is 5.41 Å². The van der Waals surface area contributed by atoms with Crippen LogP contribution in [0.3, 0.4) is 0 Å². The van der Waals surface area contributed by atoms with Gasteiger partial charge in [0.05, 0.1) is 7.11 Å². The van der Waals surface area contributed by atoms with Crippen LogP contribution in [0.25, 0.3) is 10.8 Å². The third-order valence-electron chi connectivity index (χ3n) is 4.49. The topological polar surface area (TPSA) is 18.5 Å². The molecule has 0 saturated carbocycles. The van der Waals surface area contributed by atoms with E-state index in [0.717, 1.165) is 21.0 Å². The summed E-state index contributed by atoms with van der Waals surface area (Å²) in [6, 6.07) is 24.5. The van der Waals surface area contributed by atoms with E-state index in [9.17, 15) is 0 Å². The summed E-state index contributed by atoms with van der Waals surface area (Å²) in [5.74, 6) is 1.75. The Balaban J connectivity index is 0.000000609. The van der Waals surface area contributed by atoms with Gasteiger partial charge >= 0.3 is 0 Å². The zero-order chi connectivity index (χ0) is 23.1. The van der Waals surface area contributed by atoms with Crippen molar-refractivity contribution in [1.82, 2.24) is 0 Å². The van der Waals surface area contributed by atoms with Crippen molar-refractivity contribution in [3.63, 3.8) is 0 Å². The molecule has 2 radical (unpaired) electrons. The van der Waals surface area contributed by atoms with E-state index in [1.807, 2.05) is 43.3 Å². The van der Waals surface area contributed by atoms with Crippen molar-refractivity contribution >= 4 is 20.3 Å². The van der Waals surface area contributed by atoms with Gasteiger partial charge in [-0.3, -0.25) is 0 Å². The maximum atomic E-state index is 5.83. The number of fused-ring (bicyclic) bond motifs is 1. The van der Waals surface area contributed by atoms with Crippen LogP contribution in [0, 0.1) is 5.41 Å². The van der Waals surface area contributed by atoms with Crippen LogP contribution in [-0.4, -0.2) is 23.2 Å². The summed E-state index contributed by atoms with van der Waals surface area (Å²) in [6.07, 6.45) is 4.01. The molecule has 0 fully saturated rings. The van der Waals surface area contributed by atoms with Gasteiger partial charge < -0.3 is 9.47 Å². The van der Waals surface area contributed by atoms with Crippen LogP contribution in [0.4, 0.5) is 0 Å². The van der Waals surface area contributed by atoms with E-state index < -0.39 is 0 Å². The first-order chi connectivity index (χ1) is 14.8. The van der Waals surface area contributed by atoms with Crippen LogP contribution in [0.1, 0.15) is 27.7 Å². The molecule has 0 spiro atoms. The molecule has 0 saturated heterocycles. The summed E-state index contributed by atoms with van der Waals surface area (Å²) in [6.45, 7) is 13.4. The molecular weight excluding hydrogens is 444 g/mol. The fourth-order valence-electron chi connectivity index (χ4n) is 2.65. The Hall–Kier alpha value is -1.94. The average Bonchev–Trinajstić information content (AvgIpc) is 3.24. The second kappa shape index (κ2) is 16.7. The number of ether oxygens (including phenoxy) is 2. The van der Waals surface area contributed by atoms with E-state index in [0.29, 0.717) is 6.61 Å². The second-order valence-electron chi connectivity index (χ2n) is 8.07. The van der Waals surface area contributed by atoms with Gasteiger partial charge in [-0.2, -0.15) is 17.5 Å². The van der Waals surface area contributed by atoms with Crippen LogP contribution in [-0.2, 0) is 26.5 Å². The van der Waals surface area contributed by atoms with E-state index in [4.69, 9.17) is 9.47 Å². The van der Waals surface area contributed by atoms with Gasteiger partial charge in [-0.15, -0.1) is 29.7 Å². The van der Waals surface area contributed by atoms with Crippen molar-refractivity contribution in [3.8, 4) is 5.75 Å². The molecule has 4 heteroatoms. The first kappa shape index (κ1) is 30.1. The smallest absolute Gasteiger partial charge is 0.119 e. The molecule has 0 heterocycles. The molecule has 0 aromatic heterocycles. The summed E-state index contributed by atoms with van der Waals surface area (Å²) in [5.41, 5.74) is 1.24. The second-order valence-corrected chi connectivity index (χ2v) is 9.07. The van der Waals surface area contributed by atoms with Gasteiger partial charge in [0.15, 0.2) is 0 Å². The minimum Gasteiger partial charge on any atom is -0.497 e. The number of methoxy groups -OCH3 is 1. The van der Waals surface area contributed by atoms with Crippen molar-refractivity contribution < 1.29 is 31.2 Å². The SMILES string of the molecule is CC=C(C=C(COc1ccccc1)C(C)(C)C)OC.C[Si]C.[Ti].c1ccc2[cH-]ccc2c1. The quantitative estimate of drug-likeness (QED) is 0.159. The number of rotatable bonds is 5. The number of hydrogen-bond donors (Lipinski definition) is 0. The Morgan fingerprint density at radius 3 is 2.09 bits per heavy atom. The molecule has 0 bridgehead atoms. The Labute approximate surface area is 212 Å². The van der Waals surface area contributed by atoms with Crippen LogP contribution in [0.5, 0.6) is 5.75 Å². The number of para-hydroxylation sites is 1. The van der Waals surface area contributed by atoms with Gasteiger partial charge in [0, 0.05) is 31.2 Å². The van der Waals surface area contributed by atoms with Gasteiger partial charge in [-0.1, -0.05) is 58.1 Å². The summed E-state index contributed by atoms with van der Waals surface area (Å²) < 4.78 is 11.1. The fraction of sp³-hybridized carbons (Fsp3) is 0.321. The normalized spacial score (nSPS) is 11.3. The minimum atomic E-state index is 0. The average molecular weight is 482 g/mol. The molecule has 3 rings (SSSR count). The van der Waals surface area contributed by atoms with E-state index in [1.165, 1.54) is 16.3 Å². The molecule has 0 aliphatic rings. The molecule has 0 aliphatic carbocycles. The molecule has 2 nitrogen and oxygen atoms in total. The van der Waals surface area contributed by atoms with Crippen LogP contribution < -0.4 is 4.74 Å². The Morgan fingerprint density at radius 2 is 1.56 bits per heavy atom. The zero-order valence-corrected chi connectivity index (χ0v) is 23.2. The third kappa shape index (κ3) is 11.6. The Morgan fingerprint density at radius 1 is 0.969 bits per heavy atom. The summed E-state index contributed by atoms with van der Waals surface area (Å²) in [7, 11) is 2.77. The van der Waals surface area contributed by atoms with Crippen LogP contribution in [0.2, 0.25) is 13.1 Å². The van der Waals surface area contributed by atoms with Crippen LogP contribution >= 0.6 is 0 Å². The summed E-state index contributed by atoms with van der Waals surface area (Å²) in [4.78, 5) is 0. The maximum absolute atomic E-state index is 5.83. The predicted octanol–water partition coefficient (Wildman–Crippen LogP) is 7.93. The molecule has 0 N–H and O–H groups in total. The predicted molar refractivity (Wildman–Crippen MR) is 137 cm³/mol. The number of hydrogen-bond acceptors (Lipinski definition) is 2. The van der Waals surface area contributed by atoms with Gasteiger partial charge in [0.2, 0.25) is 0 Å². The molecule has 0 unspecified atom stereocenters. The van der Waals surface area contributed by atoms with E-state index >= 15 is 0 Å². The minimum absolute atomic E-state index is 0. The van der Waals surface area contributed by atoms with Crippen molar-refractivity contribution in [2.75, 3.05) is 13.7 Å². The molecule has 0 amide bonds. The summed E-state index contributed by atoms with van der Waals surface area (Å²) in [5, 5.41) is 2.66. The molecule has 0 aliphatic heterocycles. The molecule has 32 heavy (non-hydrogen) atoms.